The summed E-state index contributed by atoms with van der Waals surface area (Å²) < 4.78 is 5.34. The van der Waals surface area contributed by atoms with Crippen molar-refractivity contribution >= 4 is 0 Å². The van der Waals surface area contributed by atoms with Crippen LogP contribution in [0.2, 0.25) is 0 Å². The van der Waals surface area contributed by atoms with Gasteiger partial charge in [0.15, 0.2) is 0 Å². The Kier molecular flexibility index (Phi) is 5.15. The molecule has 1 atom stereocenters. The molecule has 0 bridgehead atoms. The quantitative estimate of drug-likeness (QED) is 0.647. The topological polar surface area (TPSA) is 41.5 Å². The number of nitrogens with one attached hydrogen (secondary N) is 1. The lowest BCUT2D eigenvalue weighted by Gasteiger charge is -2.22. The molecule has 0 aliphatic carbocycles. The van der Waals surface area contributed by atoms with Gasteiger partial charge in [-0.1, -0.05) is 19.9 Å². The van der Waals surface area contributed by atoms with E-state index in [2.05, 4.69) is 25.2 Å². The van der Waals surface area contributed by atoms with Gasteiger partial charge < -0.3 is 15.2 Å². The van der Waals surface area contributed by atoms with E-state index in [1.54, 1.807) is 0 Å². The van der Waals surface area contributed by atoms with Crippen molar-refractivity contribution in [1.29, 1.82) is 0 Å². The Morgan fingerprint density at radius 1 is 1.57 bits per heavy atom. The van der Waals surface area contributed by atoms with Gasteiger partial charge in [-0.3, -0.25) is 0 Å². The van der Waals surface area contributed by atoms with Gasteiger partial charge >= 0.3 is 0 Å². The zero-order valence-corrected chi connectivity index (χ0v) is 9.12. The van der Waals surface area contributed by atoms with Gasteiger partial charge in [-0.25, -0.2) is 0 Å². The highest BCUT2D eigenvalue weighted by molar-refractivity contribution is 5.07. The normalized spacial score (nSPS) is 19.6. The van der Waals surface area contributed by atoms with Gasteiger partial charge in [-0.15, -0.1) is 0 Å². The third kappa shape index (κ3) is 3.78. The molecule has 1 rings (SSSR count). The van der Waals surface area contributed by atoms with E-state index >= 15 is 0 Å². The molecular formula is C11H21NO2. The summed E-state index contributed by atoms with van der Waals surface area (Å²) in [6.45, 7) is 6.84. The summed E-state index contributed by atoms with van der Waals surface area (Å²) in [5.41, 5.74) is 1.30. The Morgan fingerprint density at radius 3 is 2.86 bits per heavy atom. The fourth-order valence-corrected chi connectivity index (χ4v) is 1.51. The summed E-state index contributed by atoms with van der Waals surface area (Å²) in [5, 5.41) is 12.5. The number of aliphatic hydroxyl groups excluding tert-OH is 1. The minimum atomic E-state index is 0.192. The first-order chi connectivity index (χ1) is 6.74. The molecule has 0 fully saturated rings. The third-order valence-corrected chi connectivity index (χ3v) is 2.58. The molecule has 2 N–H and O–H groups in total. The SMILES string of the molecule is CC(C)[C@@H](CO)NCC1=CCCOC1. The van der Waals surface area contributed by atoms with Crippen molar-refractivity contribution in [1.82, 2.24) is 5.32 Å². The van der Waals surface area contributed by atoms with E-state index in [0.717, 1.165) is 26.2 Å². The molecule has 14 heavy (non-hydrogen) atoms. The van der Waals surface area contributed by atoms with Crippen LogP contribution < -0.4 is 5.32 Å². The van der Waals surface area contributed by atoms with Crippen LogP contribution in [0.25, 0.3) is 0 Å². The van der Waals surface area contributed by atoms with Crippen LogP contribution in [-0.4, -0.2) is 37.5 Å². The lowest BCUT2D eigenvalue weighted by atomic mass is 10.0. The molecule has 82 valence electrons. The van der Waals surface area contributed by atoms with Crippen molar-refractivity contribution < 1.29 is 9.84 Å². The minimum absolute atomic E-state index is 0.192. The summed E-state index contributed by atoms with van der Waals surface area (Å²) in [6.07, 6.45) is 3.24. The van der Waals surface area contributed by atoms with Crippen LogP contribution in [-0.2, 0) is 4.74 Å². The monoisotopic (exact) mass is 199 g/mol. The van der Waals surface area contributed by atoms with E-state index in [9.17, 15) is 0 Å². The van der Waals surface area contributed by atoms with E-state index in [1.165, 1.54) is 5.57 Å². The summed E-state index contributed by atoms with van der Waals surface area (Å²) in [7, 11) is 0. The van der Waals surface area contributed by atoms with Gasteiger partial charge in [0, 0.05) is 12.6 Å². The highest BCUT2D eigenvalue weighted by Gasteiger charge is 2.12. The first kappa shape index (κ1) is 11.7. The highest BCUT2D eigenvalue weighted by atomic mass is 16.5. The van der Waals surface area contributed by atoms with E-state index in [1.807, 2.05) is 0 Å². The predicted molar refractivity (Wildman–Crippen MR) is 57.2 cm³/mol. The Hall–Kier alpha value is -0.380. The molecule has 3 nitrogen and oxygen atoms in total. The zero-order valence-electron chi connectivity index (χ0n) is 9.12. The largest absolute Gasteiger partial charge is 0.395 e. The molecule has 0 saturated heterocycles. The summed E-state index contributed by atoms with van der Waals surface area (Å²) in [6, 6.07) is 0.192. The maximum atomic E-state index is 9.11. The molecule has 0 saturated carbocycles. The van der Waals surface area contributed by atoms with Gasteiger partial charge in [0.2, 0.25) is 0 Å². The Labute approximate surface area is 86.2 Å². The molecule has 0 unspecified atom stereocenters. The second-order valence-corrected chi connectivity index (χ2v) is 4.12. The minimum Gasteiger partial charge on any atom is -0.395 e. The van der Waals surface area contributed by atoms with Crippen molar-refractivity contribution in [3.63, 3.8) is 0 Å². The summed E-state index contributed by atoms with van der Waals surface area (Å²) in [5.74, 6) is 0.463. The van der Waals surface area contributed by atoms with Crippen molar-refractivity contribution in [2.45, 2.75) is 26.3 Å². The Balaban J connectivity index is 2.27. The molecule has 1 heterocycles. The van der Waals surface area contributed by atoms with E-state index in [0.29, 0.717) is 5.92 Å². The number of aliphatic hydroxyl groups is 1. The average Bonchev–Trinajstić information content (AvgIpc) is 2.20. The van der Waals surface area contributed by atoms with Crippen LogP contribution in [0.4, 0.5) is 0 Å². The Morgan fingerprint density at radius 2 is 2.36 bits per heavy atom. The third-order valence-electron chi connectivity index (χ3n) is 2.58. The molecule has 0 aromatic rings. The fourth-order valence-electron chi connectivity index (χ4n) is 1.51. The van der Waals surface area contributed by atoms with Gasteiger partial charge in [0.25, 0.3) is 0 Å². The maximum Gasteiger partial charge on any atom is 0.0689 e. The molecular weight excluding hydrogens is 178 g/mol. The first-order valence-corrected chi connectivity index (χ1v) is 5.34. The van der Waals surface area contributed by atoms with Gasteiger partial charge in [-0.05, 0) is 17.9 Å². The molecule has 3 heteroatoms. The van der Waals surface area contributed by atoms with E-state index < -0.39 is 0 Å². The van der Waals surface area contributed by atoms with Crippen LogP contribution in [0.15, 0.2) is 11.6 Å². The molecule has 1 aliphatic heterocycles. The lowest BCUT2D eigenvalue weighted by Crippen LogP contribution is -2.38. The standard InChI is InChI=1S/C11H21NO2/c1-9(2)11(7-13)12-6-10-4-3-5-14-8-10/h4,9,11-13H,3,5-8H2,1-2H3/t11-/m1/s1. The molecule has 0 amide bonds. The van der Waals surface area contributed by atoms with E-state index in [4.69, 9.17) is 9.84 Å². The van der Waals surface area contributed by atoms with Crippen LogP contribution in [0.3, 0.4) is 0 Å². The smallest absolute Gasteiger partial charge is 0.0689 e. The summed E-state index contributed by atoms with van der Waals surface area (Å²) >= 11 is 0. The van der Waals surface area contributed by atoms with Crippen molar-refractivity contribution in [3.8, 4) is 0 Å². The molecule has 1 aliphatic rings. The van der Waals surface area contributed by atoms with Crippen molar-refractivity contribution in [3.05, 3.63) is 11.6 Å². The molecule has 0 radical (unpaired) electrons. The van der Waals surface area contributed by atoms with Crippen molar-refractivity contribution in [2.24, 2.45) is 5.92 Å². The van der Waals surface area contributed by atoms with Gasteiger partial charge in [0.1, 0.15) is 0 Å². The first-order valence-electron chi connectivity index (χ1n) is 5.34. The molecule has 0 spiro atoms. The zero-order chi connectivity index (χ0) is 10.4. The van der Waals surface area contributed by atoms with Crippen LogP contribution in [0.1, 0.15) is 20.3 Å². The maximum absolute atomic E-state index is 9.11. The van der Waals surface area contributed by atoms with Crippen LogP contribution in [0.5, 0.6) is 0 Å². The van der Waals surface area contributed by atoms with Gasteiger partial charge in [-0.2, -0.15) is 0 Å². The number of ether oxygens (including phenoxy) is 1. The second kappa shape index (κ2) is 6.17. The molecule has 0 aromatic carbocycles. The molecule has 0 aromatic heterocycles. The van der Waals surface area contributed by atoms with Crippen LogP contribution >= 0.6 is 0 Å². The van der Waals surface area contributed by atoms with Gasteiger partial charge in [0.05, 0.1) is 19.8 Å². The summed E-state index contributed by atoms with van der Waals surface area (Å²) in [4.78, 5) is 0. The lowest BCUT2D eigenvalue weighted by molar-refractivity contribution is 0.146. The fraction of sp³-hybridized carbons (Fsp3) is 0.818. The number of hydrogen-bond donors (Lipinski definition) is 2. The van der Waals surface area contributed by atoms with Crippen molar-refractivity contribution in [2.75, 3.05) is 26.4 Å². The Bertz CT molecular complexity index is 190. The highest BCUT2D eigenvalue weighted by Crippen LogP contribution is 2.06. The average molecular weight is 199 g/mol. The number of rotatable bonds is 5. The van der Waals surface area contributed by atoms with Crippen LogP contribution in [0, 0.1) is 5.92 Å². The number of hydrogen-bond acceptors (Lipinski definition) is 3. The second-order valence-electron chi connectivity index (χ2n) is 4.12. The van der Waals surface area contributed by atoms with E-state index in [-0.39, 0.29) is 12.6 Å². The predicted octanol–water partition coefficient (Wildman–Crippen LogP) is 0.940.